The Morgan fingerprint density at radius 2 is 1.83 bits per heavy atom. The normalized spacial score (nSPS) is 43.0. The van der Waals surface area contributed by atoms with Crippen LogP contribution in [0.4, 0.5) is 0 Å². The maximum atomic E-state index is 9.96. The molecular formula is C10H19NO. The molecule has 0 heterocycles. The predicted molar refractivity (Wildman–Crippen MR) is 48.7 cm³/mol. The van der Waals surface area contributed by atoms with E-state index in [4.69, 9.17) is 5.73 Å². The highest BCUT2D eigenvalue weighted by Gasteiger charge is 2.42. The molecule has 0 aromatic carbocycles. The van der Waals surface area contributed by atoms with Gasteiger partial charge in [-0.15, -0.1) is 0 Å². The Balaban J connectivity index is 1.78. The fourth-order valence-corrected chi connectivity index (χ4v) is 2.83. The fourth-order valence-electron chi connectivity index (χ4n) is 2.83. The summed E-state index contributed by atoms with van der Waals surface area (Å²) in [6.45, 7) is 0. The first-order chi connectivity index (χ1) is 5.68. The van der Waals surface area contributed by atoms with Crippen molar-refractivity contribution < 1.29 is 5.11 Å². The Bertz CT molecular complexity index is 157. The summed E-state index contributed by atoms with van der Waals surface area (Å²) in [5.74, 6) is 0.794. The molecule has 2 rings (SSSR count). The molecule has 12 heavy (non-hydrogen) atoms. The molecule has 0 amide bonds. The van der Waals surface area contributed by atoms with Crippen LogP contribution in [0.5, 0.6) is 0 Å². The molecule has 0 radical (unpaired) electrons. The molecule has 2 fully saturated rings. The van der Waals surface area contributed by atoms with Crippen molar-refractivity contribution in [2.75, 3.05) is 0 Å². The minimum Gasteiger partial charge on any atom is -0.390 e. The summed E-state index contributed by atoms with van der Waals surface area (Å²) in [6.07, 6.45) is 8.09. The van der Waals surface area contributed by atoms with Crippen LogP contribution in [0.2, 0.25) is 0 Å². The average Bonchev–Trinajstić information content (AvgIpc) is 2.36. The molecule has 0 spiro atoms. The van der Waals surface area contributed by atoms with Gasteiger partial charge in [0.05, 0.1) is 5.60 Å². The average molecular weight is 169 g/mol. The molecule has 0 aromatic heterocycles. The van der Waals surface area contributed by atoms with E-state index in [9.17, 15) is 5.11 Å². The largest absolute Gasteiger partial charge is 0.390 e. The summed E-state index contributed by atoms with van der Waals surface area (Å²) in [5, 5.41) is 9.96. The van der Waals surface area contributed by atoms with E-state index >= 15 is 0 Å². The van der Waals surface area contributed by atoms with E-state index in [1.54, 1.807) is 0 Å². The Kier molecular flexibility index (Phi) is 2.13. The molecule has 2 nitrogen and oxygen atoms in total. The lowest BCUT2D eigenvalue weighted by Gasteiger charge is -2.43. The van der Waals surface area contributed by atoms with Gasteiger partial charge in [-0.1, -0.05) is 25.7 Å². The van der Waals surface area contributed by atoms with Gasteiger partial charge in [0, 0.05) is 6.04 Å². The van der Waals surface area contributed by atoms with Crippen LogP contribution >= 0.6 is 0 Å². The predicted octanol–water partition coefficient (Wildman–Crippen LogP) is 1.42. The van der Waals surface area contributed by atoms with Gasteiger partial charge in [0.15, 0.2) is 0 Å². The first-order valence-electron chi connectivity index (χ1n) is 5.16. The van der Waals surface area contributed by atoms with E-state index in [0.29, 0.717) is 0 Å². The zero-order valence-electron chi connectivity index (χ0n) is 7.63. The molecule has 0 unspecified atom stereocenters. The molecule has 0 atom stereocenters. The van der Waals surface area contributed by atoms with Gasteiger partial charge < -0.3 is 10.8 Å². The van der Waals surface area contributed by atoms with Crippen molar-refractivity contribution in [2.45, 2.75) is 56.6 Å². The smallest absolute Gasteiger partial charge is 0.0680 e. The molecule has 0 bridgehead atoms. The fraction of sp³-hybridized carbons (Fsp3) is 1.00. The summed E-state index contributed by atoms with van der Waals surface area (Å²) in [6, 6.07) is 0.274. The zero-order chi connectivity index (χ0) is 8.60. The van der Waals surface area contributed by atoms with Crippen molar-refractivity contribution >= 4 is 0 Å². The second-order valence-electron chi connectivity index (χ2n) is 4.75. The lowest BCUT2D eigenvalue weighted by atomic mass is 9.71. The summed E-state index contributed by atoms with van der Waals surface area (Å²) >= 11 is 0. The number of aliphatic hydroxyl groups is 1. The monoisotopic (exact) mass is 169 g/mol. The van der Waals surface area contributed by atoms with Gasteiger partial charge in [-0.3, -0.25) is 0 Å². The molecule has 0 aliphatic heterocycles. The molecular weight excluding hydrogens is 150 g/mol. The van der Waals surface area contributed by atoms with Crippen LogP contribution in [-0.4, -0.2) is 16.7 Å². The van der Waals surface area contributed by atoms with E-state index in [-0.39, 0.29) is 11.6 Å². The van der Waals surface area contributed by atoms with Crippen LogP contribution in [0.1, 0.15) is 44.9 Å². The molecule has 2 saturated carbocycles. The van der Waals surface area contributed by atoms with Gasteiger partial charge >= 0.3 is 0 Å². The highest BCUT2D eigenvalue weighted by atomic mass is 16.3. The van der Waals surface area contributed by atoms with Gasteiger partial charge in [-0.25, -0.2) is 0 Å². The van der Waals surface area contributed by atoms with Crippen molar-refractivity contribution in [3.63, 3.8) is 0 Å². The van der Waals surface area contributed by atoms with Crippen LogP contribution in [0.15, 0.2) is 0 Å². The van der Waals surface area contributed by atoms with Gasteiger partial charge in [0.25, 0.3) is 0 Å². The molecule has 0 saturated heterocycles. The van der Waals surface area contributed by atoms with Crippen molar-refractivity contribution in [1.29, 1.82) is 0 Å². The molecule has 2 heteroatoms. The molecule has 0 aromatic rings. The maximum absolute atomic E-state index is 9.96. The highest BCUT2D eigenvalue weighted by molar-refractivity contribution is 4.98. The third kappa shape index (κ3) is 1.64. The molecule has 3 N–H and O–H groups in total. The first-order valence-corrected chi connectivity index (χ1v) is 5.16. The molecule has 70 valence electrons. The van der Waals surface area contributed by atoms with Crippen LogP contribution < -0.4 is 5.73 Å². The maximum Gasteiger partial charge on any atom is 0.0680 e. The Labute approximate surface area is 74.1 Å². The standard InChI is InChI=1S/C10H19NO/c11-9-6-10(12,7-9)5-8-3-1-2-4-8/h8-9,12H,1-7,11H2. The summed E-state index contributed by atoms with van der Waals surface area (Å²) in [4.78, 5) is 0. The summed E-state index contributed by atoms with van der Waals surface area (Å²) in [5.41, 5.74) is 5.30. The third-order valence-corrected chi connectivity index (χ3v) is 3.43. The van der Waals surface area contributed by atoms with Gasteiger partial charge in [-0.05, 0) is 25.2 Å². The second kappa shape index (κ2) is 3.00. The first kappa shape index (κ1) is 8.52. The van der Waals surface area contributed by atoms with Crippen molar-refractivity contribution in [1.82, 2.24) is 0 Å². The number of rotatable bonds is 2. The van der Waals surface area contributed by atoms with E-state index in [2.05, 4.69) is 0 Å². The minimum atomic E-state index is -0.367. The SMILES string of the molecule is NC1CC(O)(CC2CCCC2)C1. The molecule has 2 aliphatic rings. The van der Waals surface area contributed by atoms with Gasteiger partial charge in [-0.2, -0.15) is 0 Å². The van der Waals surface area contributed by atoms with Crippen LogP contribution in [0.3, 0.4) is 0 Å². The third-order valence-electron chi connectivity index (χ3n) is 3.43. The summed E-state index contributed by atoms with van der Waals surface area (Å²) < 4.78 is 0. The number of nitrogens with two attached hydrogens (primary N) is 1. The van der Waals surface area contributed by atoms with E-state index < -0.39 is 0 Å². The van der Waals surface area contributed by atoms with Crippen molar-refractivity contribution in [3.05, 3.63) is 0 Å². The quantitative estimate of drug-likeness (QED) is 0.656. The van der Waals surface area contributed by atoms with E-state index in [0.717, 1.165) is 25.2 Å². The number of hydrogen-bond donors (Lipinski definition) is 2. The van der Waals surface area contributed by atoms with Crippen LogP contribution in [0.25, 0.3) is 0 Å². The highest BCUT2D eigenvalue weighted by Crippen LogP contribution is 2.40. The van der Waals surface area contributed by atoms with E-state index in [1.165, 1.54) is 25.7 Å². The Morgan fingerprint density at radius 3 is 2.33 bits per heavy atom. The zero-order valence-corrected chi connectivity index (χ0v) is 7.63. The van der Waals surface area contributed by atoms with Crippen molar-refractivity contribution in [2.24, 2.45) is 11.7 Å². The van der Waals surface area contributed by atoms with Crippen LogP contribution in [0, 0.1) is 5.92 Å². The second-order valence-corrected chi connectivity index (χ2v) is 4.75. The van der Waals surface area contributed by atoms with Gasteiger partial charge in [0.1, 0.15) is 0 Å². The van der Waals surface area contributed by atoms with Crippen molar-refractivity contribution in [3.8, 4) is 0 Å². The Hall–Kier alpha value is -0.0800. The summed E-state index contributed by atoms with van der Waals surface area (Å²) in [7, 11) is 0. The minimum absolute atomic E-state index is 0.274. The van der Waals surface area contributed by atoms with E-state index in [1.807, 2.05) is 0 Å². The van der Waals surface area contributed by atoms with Gasteiger partial charge in [0.2, 0.25) is 0 Å². The topological polar surface area (TPSA) is 46.2 Å². The van der Waals surface area contributed by atoms with Crippen LogP contribution in [-0.2, 0) is 0 Å². The molecule has 2 aliphatic carbocycles. The Morgan fingerprint density at radius 1 is 1.25 bits per heavy atom. The number of hydrogen-bond acceptors (Lipinski definition) is 2. The lowest BCUT2D eigenvalue weighted by Crippen LogP contribution is -2.52. The lowest BCUT2D eigenvalue weighted by molar-refractivity contribution is -0.0640.